The monoisotopic (exact) mass is 469 g/mol. The highest BCUT2D eigenvalue weighted by Crippen LogP contribution is 2.42. The summed E-state index contributed by atoms with van der Waals surface area (Å²) in [5.74, 6) is 1.73. The lowest BCUT2D eigenvalue weighted by Crippen LogP contribution is -2.25. The van der Waals surface area contributed by atoms with Crippen LogP contribution in [0, 0.1) is 6.92 Å². The molecule has 1 heterocycles. The predicted octanol–water partition coefficient (Wildman–Crippen LogP) is 4.86. The van der Waals surface area contributed by atoms with Gasteiger partial charge in [0.2, 0.25) is 5.91 Å². The first kappa shape index (κ1) is 24.7. The van der Waals surface area contributed by atoms with Crippen LogP contribution in [-0.4, -0.2) is 38.4 Å². The molecule has 33 heavy (non-hydrogen) atoms. The van der Waals surface area contributed by atoms with E-state index in [0.29, 0.717) is 42.9 Å². The number of nitrogens with one attached hydrogen (secondary N) is 1. The Hall–Kier alpha value is -2.93. The summed E-state index contributed by atoms with van der Waals surface area (Å²) in [6.07, 6.45) is 3.69. The Kier molecular flexibility index (Phi) is 8.83. The van der Waals surface area contributed by atoms with Gasteiger partial charge in [-0.2, -0.15) is 0 Å². The number of cyclic esters (lactones) is 1. The van der Waals surface area contributed by atoms with Crippen molar-refractivity contribution in [1.82, 2.24) is 5.32 Å². The maximum atomic E-state index is 12.2. The van der Waals surface area contributed by atoms with E-state index in [2.05, 4.69) is 23.5 Å². The molecule has 0 unspecified atom stereocenters. The van der Waals surface area contributed by atoms with Crippen LogP contribution in [0.4, 0.5) is 0 Å². The van der Waals surface area contributed by atoms with Crippen LogP contribution in [0.2, 0.25) is 0 Å². The fourth-order valence-electron chi connectivity index (χ4n) is 3.89. The Morgan fingerprint density at radius 1 is 1.15 bits per heavy atom. The lowest BCUT2D eigenvalue weighted by atomic mass is 9.94. The van der Waals surface area contributed by atoms with E-state index in [1.807, 2.05) is 32.0 Å². The van der Waals surface area contributed by atoms with Gasteiger partial charge in [-0.25, -0.2) is 4.79 Å². The summed E-state index contributed by atoms with van der Waals surface area (Å²) in [7, 11) is 3.17. The van der Waals surface area contributed by atoms with Crippen LogP contribution >= 0.6 is 11.8 Å². The second-order valence-corrected chi connectivity index (χ2v) is 9.03. The van der Waals surface area contributed by atoms with Crippen molar-refractivity contribution in [2.45, 2.75) is 44.6 Å². The van der Waals surface area contributed by atoms with E-state index in [1.54, 1.807) is 26.0 Å². The van der Waals surface area contributed by atoms with Crippen LogP contribution in [0.15, 0.2) is 46.9 Å². The van der Waals surface area contributed by atoms with Gasteiger partial charge in [0.15, 0.2) is 0 Å². The molecule has 0 aliphatic carbocycles. The second-order valence-electron chi connectivity index (χ2n) is 7.87. The molecule has 1 aliphatic heterocycles. The second kappa shape index (κ2) is 11.8. The number of fused-ring (bicyclic) bond motifs is 1. The van der Waals surface area contributed by atoms with Gasteiger partial charge in [-0.15, -0.1) is 11.8 Å². The van der Waals surface area contributed by atoms with Crippen LogP contribution in [-0.2, 0) is 22.6 Å². The third kappa shape index (κ3) is 6.11. The zero-order valence-corrected chi connectivity index (χ0v) is 20.5. The Balaban J connectivity index is 1.55. The summed E-state index contributed by atoms with van der Waals surface area (Å²) in [5, 5.41) is 2.98. The fraction of sp³-hybridized carbons (Fsp3) is 0.385. The van der Waals surface area contributed by atoms with Gasteiger partial charge in [0, 0.05) is 34.7 Å². The largest absolute Gasteiger partial charge is 0.496 e. The minimum atomic E-state index is -0.364. The molecule has 0 saturated heterocycles. The Morgan fingerprint density at radius 3 is 2.58 bits per heavy atom. The van der Waals surface area contributed by atoms with Crippen LogP contribution in [0.5, 0.6) is 11.5 Å². The summed E-state index contributed by atoms with van der Waals surface area (Å²) < 4.78 is 16.5. The van der Waals surface area contributed by atoms with E-state index in [9.17, 15) is 9.59 Å². The number of ether oxygens (including phenoxy) is 3. The first-order valence-corrected chi connectivity index (χ1v) is 12.0. The van der Waals surface area contributed by atoms with Gasteiger partial charge >= 0.3 is 5.97 Å². The van der Waals surface area contributed by atoms with E-state index in [0.717, 1.165) is 28.0 Å². The average molecular weight is 470 g/mol. The topological polar surface area (TPSA) is 73.9 Å². The number of carbonyl (C=O) groups is 2. The maximum absolute atomic E-state index is 12.2. The molecule has 1 aliphatic rings. The number of carbonyl (C=O) groups excluding carboxylic acids is 2. The van der Waals surface area contributed by atoms with E-state index >= 15 is 0 Å². The molecule has 0 saturated carbocycles. The van der Waals surface area contributed by atoms with Gasteiger partial charge in [-0.3, -0.25) is 4.79 Å². The number of rotatable bonds is 11. The van der Waals surface area contributed by atoms with Crippen molar-refractivity contribution in [3.8, 4) is 11.5 Å². The highest BCUT2D eigenvalue weighted by molar-refractivity contribution is 7.99. The van der Waals surface area contributed by atoms with Crippen molar-refractivity contribution in [3.63, 3.8) is 0 Å². The van der Waals surface area contributed by atoms with Gasteiger partial charge < -0.3 is 19.5 Å². The summed E-state index contributed by atoms with van der Waals surface area (Å²) >= 11 is 1.73. The highest BCUT2D eigenvalue weighted by Gasteiger charge is 2.32. The van der Waals surface area contributed by atoms with Crippen molar-refractivity contribution in [2.24, 2.45) is 0 Å². The Bertz CT molecular complexity index is 1030. The molecule has 1 N–H and O–H groups in total. The molecule has 0 atom stereocenters. The fourth-order valence-corrected chi connectivity index (χ4v) is 4.68. The molecule has 176 valence electrons. The molecule has 0 aromatic heterocycles. The normalized spacial score (nSPS) is 12.8. The molecule has 0 bridgehead atoms. The highest BCUT2D eigenvalue weighted by atomic mass is 32.2. The quantitative estimate of drug-likeness (QED) is 0.219. The van der Waals surface area contributed by atoms with E-state index in [1.165, 1.54) is 4.90 Å². The molecule has 2 aromatic rings. The standard InChI is InChI=1S/C26H31NO5S/c1-17(11-13-22(28)27-14-15-33-19-8-6-5-7-9-19)10-12-20-24(30-3)18(2)21-16-32-26(29)23(21)25(20)31-4/h5-10H,11-16H2,1-4H3,(H,27,28). The van der Waals surface area contributed by atoms with Crippen molar-refractivity contribution in [1.29, 1.82) is 0 Å². The number of thioether (sulfide) groups is 1. The maximum Gasteiger partial charge on any atom is 0.342 e. The van der Waals surface area contributed by atoms with Gasteiger partial charge in [-0.1, -0.05) is 29.8 Å². The van der Waals surface area contributed by atoms with Crippen molar-refractivity contribution < 1.29 is 23.8 Å². The Labute approximate surface area is 199 Å². The third-order valence-electron chi connectivity index (χ3n) is 5.67. The number of hydrogen-bond donors (Lipinski definition) is 1. The smallest absolute Gasteiger partial charge is 0.342 e. The van der Waals surface area contributed by atoms with Crippen LogP contribution < -0.4 is 14.8 Å². The van der Waals surface area contributed by atoms with Gasteiger partial charge in [0.25, 0.3) is 0 Å². The van der Waals surface area contributed by atoms with Crippen LogP contribution in [0.25, 0.3) is 0 Å². The molecule has 1 amide bonds. The average Bonchev–Trinajstić information content (AvgIpc) is 3.21. The summed E-state index contributed by atoms with van der Waals surface area (Å²) in [6.45, 7) is 4.81. The molecule has 0 radical (unpaired) electrons. The molecule has 6 nitrogen and oxygen atoms in total. The minimum absolute atomic E-state index is 0.0442. The summed E-state index contributed by atoms with van der Waals surface area (Å²) in [5.41, 5.74) is 4.11. The minimum Gasteiger partial charge on any atom is -0.496 e. The number of hydrogen-bond acceptors (Lipinski definition) is 6. The number of esters is 1. The molecule has 3 rings (SSSR count). The zero-order valence-electron chi connectivity index (χ0n) is 19.7. The summed E-state index contributed by atoms with van der Waals surface area (Å²) in [6, 6.07) is 10.1. The lowest BCUT2D eigenvalue weighted by molar-refractivity contribution is -0.120. The van der Waals surface area contributed by atoms with E-state index in [4.69, 9.17) is 14.2 Å². The van der Waals surface area contributed by atoms with Gasteiger partial charge in [-0.05, 0) is 44.4 Å². The summed E-state index contributed by atoms with van der Waals surface area (Å²) in [4.78, 5) is 25.7. The molecule has 0 spiro atoms. The SMILES string of the molecule is COc1c(C)c2c(c(OC)c1CC=C(C)CCC(=O)NCCSc1ccccc1)C(=O)OC2. The number of benzene rings is 2. The van der Waals surface area contributed by atoms with Crippen molar-refractivity contribution >= 4 is 23.6 Å². The van der Waals surface area contributed by atoms with E-state index in [-0.39, 0.29) is 18.5 Å². The molecule has 0 fully saturated rings. The first-order chi connectivity index (χ1) is 16.0. The van der Waals surface area contributed by atoms with Crippen LogP contribution in [0.3, 0.4) is 0 Å². The number of methoxy groups -OCH3 is 2. The molecule has 2 aromatic carbocycles. The zero-order chi connectivity index (χ0) is 23.8. The lowest BCUT2D eigenvalue weighted by Gasteiger charge is -2.18. The molecule has 7 heteroatoms. The predicted molar refractivity (Wildman–Crippen MR) is 130 cm³/mol. The number of allylic oxidation sites excluding steroid dienone is 2. The van der Waals surface area contributed by atoms with Crippen molar-refractivity contribution in [3.05, 3.63) is 64.2 Å². The third-order valence-corrected chi connectivity index (χ3v) is 6.68. The van der Waals surface area contributed by atoms with Gasteiger partial charge in [0.1, 0.15) is 23.7 Å². The molecular weight excluding hydrogens is 438 g/mol. The Morgan fingerprint density at radius 2 is 1.88 bits per heavy atom. The van der Waals surface area contributed by atoms with Crippen LogP contribution in [0.1, 0.15) is 46.8 Å². The van der Waals surface area contributed by atoms with E-state index < -0.39 is 0 Å². The molecular formula is C26H31NO5S. The van der Waals surface area contributed by atoms with Crippen molar-refractivity contribution in [2.75, 3.05) is 26.5 Å². The number of amides is 1. The van der Waals surface area contributed by atoms with Gasteiger partial charge in [0.05, 0.1) is 14.2 Å². The first-order valence-electron chi connectivity index (χ1n) is 11.0.